The van der Waals surface area contributed by atoms with E-state index in [1.54, 1.807) is 0 Å². The van der Waals surface area contributed by atoms with Crippen molar-refractivity contribution in [3.63, 3.8) is 0 Å². The largest absolute Gasteiger partial charge is 0.331 e. The van der Waals surface area contributed by atoms with E-state index in [2.05, 4.69) is 0 Å². The Morgan fingerprint density at radius 3 is 2.20 bits per heavy atom. The molecule has 1 atom stereocenters. The third-order valence-corrected chi connectivity index (χ3v) is 3.68. The van der Waals surface area contributed by atoms with E-state index < -0.39 is 0 Å². The molecule has 0 aliphatic rings. The fourth-order valence-electron chi connectivity index (χ4n) is 2.22. The number of hydrogen-bond acceptors (Lipinski definition) is 1. The van der Waals surface area contributed by atoms with E-state index in [0.717, 1.165) is 21.0 Å². The lowest BCUT2D eigenvalue weighted by Crippen LogP contribution is -3.11. The van der Waals surface area contributed by atoms with Gasteiger partial charge in [0.25, 0.3) is 0 Å². The quantitative estimate of drug-likeness (QED) is 0.838. The van der Waals surface area contributed by atoms with E-state index in [1.807, 2.05) is 68.7 Å². The molecule has 0 aliphatic heterocycles. The Bertz CT molecular complexity index is 563. The Hall–Kier alpha value is -1.64. The standard InChI is InChI=1S/C17H18ClNO/c1-19(2)16(12-13-8-10-15(18)11-9-13)17(20)14-6-4-3-5-7-14/h3-11,16H,12H2,1-2H3/p+1/t16-/m1/s1. The van der Waals surface area contributed by atoms with E-state index in [4.69, 9.17) is 11.6 Å². The Labute approximate surface area is 125 Å². The summed E-state index contributed by atoms with van der Waals surface area (Å²) in [7, 11) is 4.03. The second kappa shape index (κ2) is 6.69. The van der Waals surface area contributed by atoms with Crippen LogP contribution in [0.15, 0.2) is 54.6 Å². The summed E-state index contributed by atoms with van der Waals surface area (Å²) in [6, 6.07) is 17.1. The van der Waals surface area contributed by atoms with Crippen molar-refractivity contribution in [3.8, 4) is 0 Å². The lowest BCUT2D eigenvalue weighted by molar-refractivity contribution is -0.874. The molecule has 0 amide bonds. The van der Waals surface area contributed by atoms with Crippen molar-refractivity contribution >= 4 is 17.4 Å². The van der Waals surface area contributed by atoms with E-state index >= 15 is 0 Å². The molecule has 2 aromatic carbocycles. The number of hydrogen-bond donors (Lipinski definition) is 1. The molecule has 20 heavy (non-hydrogen) atoms. The SMILES string of the molecule is C[NH+](C)[C@H](Cc1ccc(Cl)cc1)C(=O)c1ccccc1. The molecule has 2 aromatic rings. The van der Waals surface area contributed by atoms with Crippen LogP contribution in [0.5, 0.6) is 0 Å². The van der Waals surface area contributed by atoms with Gasteiger partial charge >= 0.3 is 0 Å². The predicted molar refractivity (Wildman–Crippen MR) is 82.5 cm³/mol. The van der Waals surface area contributed by atoms with Crippen molar-refractivity contribution < 1.29 is 9.69 Å². The van der Waals surface area contributed by atoms with Crippen molar-refractivity contribution in [1.82, 2.24) is 0 Å². The summed E-state index contributed by atoms with van der Waals surface area (Å²) in [6.45, 7) is 0. The van der Waals surface area contributed by atoms with Crippen LogP contribution in [-0.2, 0) is 6.42 Å². The molecule has 2 rings (SSSR count). The number of quaternary nitrogens is 1. The third kappa shape index (κ3) is 3.69. The Morgan fingerprint density at radius 1 is 1.05 bits per heavy atom. The maximum atomic E-state index is 12.6. The average molecular weight is 289 g/mol. The Kier molecular flexibility index (Phi) is 4.94. The molecule has 0 saturated carbocycles. The first-order chi connectivity index (χ1) is 9.58. The first-order valence-corrected chi connectivity index (χ1v) is 7.09. The second-order valence-electron chi connectivity index (χ2n) is 5.19. The molecule has 0 bridgehead atoms. The summed E-state index contributed by atoms with van der Waals surface area (Å²) in [5.41, 5.74) is 1.90. The van der Waals surface area contributed by atoms with Crippen LogP contribution in [0.4, 0.5) is 0 Å². The molecule has 3 heteroatoms. The number of rotatable bonds is 5. The summed E-state index contributed by atoms with van der Waals surface area (Å²) >= 11 is 5.90. The zero-order chi connectivity index (χ0) is 14.5. The molecule has 0 unspecified atom stereocenters. The van der Waals surface area contributed by atoms with Crippen LogP contribution >= 0.6 is 11.6 Å². The topological polar surface area (TPSA) is 21.5 Å². The van der Waals surface area contributed by atoms with Crippen LogP contribution < -0.4 is 4.90 Å². The Balaban J connectivity index is 2.19. The van der Waals surface area contributed by atoms with Crippen molar-refractivity contribution in [3.05, 3.63) is 70.7 Å². The number of ketones is 1. The van der Waals surface area contributed by atoms with Gasteiger partial charge in [0, 0.05) is 17.0 Å². The smallest absolute Gasteiger partial charge is 0.220 e. The van der Waals surface area contributed by atoms with Crippen LogP contribution in [-0.4, -0.2) is 25.9 Å². The lowest BCUT2D eigenvalue weighted by atomic mass is 9.97. The molecule has 1 N–H and O–H groups in total. The van der Waals surface area contributed by atoms with Crippen LogP contribution in [0.3, 0.4) is 0 Å². The number of Topliss-reactive ketones (excluding diaryl/α,β-unsaturated/α-hetero) is 1. The minimum Gasteiger partial charge on any atom is -0.331 e. The summed E-state index contributed by atoms with van der Waals surface area (Å²) in [4.78, 5) is 13.7. The lowest BCUT2D eigenvalue weighted by Gasteiger charge is -2.20. The van der Waals surface area contributed by atoms with Crippen LogP contribution in [0, 0.1) is 0 Å². The number of benzene rings is 2. The van der Waals surface area contributed by atoms with Gasteiger partial charge < -0.3 is 4.90 Å². The first-order valence-electron chi connectivity index (χ1n) is 6.71. The Morgan fingerprint density at radius 2 is 1.65 bits per heavy atom. The van der Waals surface area contributed by atoms with Gasteiger partial charge in [-0.05, 0) is 17.7 Å². The van der Waals surface area contributed by atoms with Gasteiger partial charge in [0.2, 0.25) is 5.78 Å². The molecule has 0 aliphatic carbocycles. The van der Waals surface area contributed by atoms with E-state index in [1.165, 1.54) is 0 Å². The van der Waals surface area contributed by atoms with Crippen LogP contribution in [0.25, 0.3) is 0 Å². The van der Waals surface area contributed by atoms with Gasteiger partial charge in [0.1, 0.15) is 0 Å². The summed E-state index contributed by atoms with van der Waals surface area (Å²) < 4.78 is 0. The number of carbonyl (C=O) groups is 1. The van der Waals surface area contributed by atoms with Crippen LogP contribution in [0.2, 0.25) is 5.02 Å². The van der Waals surface area contributed by atoms with E-state index in [9.17, 15) is 4.79 Å². The predicted octanol–water partition coefficient (Wildman–Crippen LogP) is 2.28. The zero-order valence-corrected chi connectivity index (χ0v) is 12.5. The van der Waals surface area contributed by atoms with E-state index in [-0.39, 0.29) is 11.8 Å². The molecule has 0 spiro atoms. The van der Waals surface area contributed by atoms with Gasteiger partial charge in [-0.25, -0.2) is 0 Å². The molecule has 0 radical (unpaired) electrons. The summed E-state index contributed by atoms with van der Waals surface area (Å²) in [6.07, 6.45) is 0.716. The molecule has 0 fully saturated rings. The molecule has 0 heterocycles. The highest BCUT2D eigenvalue weighted by Gasteiger charge is 2.25. The molecule has 104 valence electrons. The maximum absolute atomic E-state index is 12.6. The number of halogens is 1. The van der Waals surface area contributed by atoms with Gasteiger partial charge in [-0.1, -0.05) is 54.1 Å². The average Bonchev–Trinajstić information content (AvgIpc) is 2.46. The number of likely N-dealkylation sites (N-methyl/N-ethyl adjacent to an activating group) is 1. The van der Waals surface area contributed by atoms with Gasteiger partial charge in [-0.2, -0.15) is 0 Å². The van der Waals surface area contributed by atoms with E-state index in [0.29, 0.717) is 6.42 Å². The third-order valence-electron chi connectivity index (χ3n) is 3.42. The maximum Gasteiger partial charge on any atom is 0.220 e. The minimum atomic E-state index is -0.0847. The summed E-state index contributed by atoms with van der Waals surface area (Å²) in [5.74, 6) is 0.181. The van der Waals surface area contributed by atoms with Gasteiger partial charge in [-0.15, -0.1) is 0 Å². The minimum absolute atomic E-state index is 0.0847. The monoisotopic (exact) mass is 288 g/mol. The fraction of sp³-hybridized carbons (Fsp3) is 0.235. The second-order valence-corrected chi connectivity index (χ2v) is 5.63. The first kappa shape index (κ1) is 14.8. The molecule has 2 nitrogen and oxygen atoms in total. The van der Waals surface area contributed by atoms with Gasteiger partial charge in [0.05, 0.1) is 14.1 Å². The van der Waals surface area contributed by atoms with Crippen molar-refractivity contribution in [2.45, 2.75) is 12.5 Å². The zero-order valence-electron chi connectivity index (χ0n) is 11.8. The number of carbonyl (C=O) groups excluding carboxylic acids is 1. The highest BCUT2D eigenvalue weighted by molar-refractivity contribution is 6.30. The molecule has 0 saturated heterocycles. The van der Waals surface area contributed by atoms with Gasteiger partial charge in [0.15, 0.2) is 6.04 Å². The normalized spacial score (nSPS) is 12.4. The molecular formula is C17H19ClNO+. The number of nitrogens with one attached hydrogen (secondary N) is 1. The van der Waals surface area contributed by atoms with Crippen molar-refractivity contribution in [1.29, 1.82) is 0 Å². The summed E-state index contributed by atoms with van der Waals surface area (Å²) in [5, 5.41) is 0.719. The fourth-order valence-corrected chi connectivity index (χ4v) is 2.34. The van der Waals surface area contributed by atoms with Crippen molar-refractivity contribution in [2.75, 3.05) is 14.1 Å². The highest BCUT2D eigenvalue weighted by atomic mass is 35.5. The van der Waals surface area contributed by atoms with Crippen molar-refractivity contribution in [2.24, 2.45) is 0 Å². The molecular weight excluding hydrogens is 270 g/mol. The van der Waals surface area contributed by atoms with Gasteiger partial charge in [-0.3, -0.25) is 4.79 Å². The molecule has 0 aromatic heterocycles. The highest BCUT2D eigenvalue weighted by Crippen LogP contribution is 2.12. The van der Waals surface area contributed by atoms with Crippen LogP contribution in [0.1, 0.15) is 15.9 Å².